The van der Waals surface area contributed by atoms with E-state index in [4.69, 9.17) is 0 Å². The molecule has 52 heavy (non-hydrogen) atoms. The van der Waals surface area contributed by atoms with Gasteiger partial charge in [-0.1, -0.05) is 0 Å². The summed E-state index contributed by atoms with van der Waals surface area (Å²) in [6.07, 6.45) is 0. The Morgan fingerprint density at radius 1 is 0.462 bits per heavy atom. The third-order valence-corrected chi connectivity index (χ3v) is 9.92. The van der Waals surface area contributed by atoms with Gasteiger partial charge in [-0.05, 0) is 36.4 Å². The van der Waals surface area contributed by atoms with E-state index in [2.05, 4.69) is 0 Å². The molecule has 0 spiro atoms. The molecule has 0 nitrogen and oxygen atoms in total. The maximum Gasteiger partial charge on any atom is 1.00 e. The molecule has 0 atom stereocenters. The summed E-state index contributed by atoms with van der Waals surface area (Å²) in [5, 5.41) is -0.308. The first-order valence-corrected chi connectivity index (χ1v) is 14.8. The summed E-state index contributed by atoms with van der Waals surface area (Å²) < 4.78 is 225. The van der Waals surface area contributed by atoms with Crippen LogP contribution in [0.15, 0.2) is 60.7 Å². The van der Waals surface area contributed by atoms with Gasteiger partial charge < -0.3 is 34.4 Å². The average molecular weight is 847 g/mol. The van der Waals surface area contributed by atoms with Crippen LogP contribution >= 0.6 is 20.9 Å². The Hall–Kier alpha value is -2.66. The number of alkyl halides is 6. The van der Waals surface area contributed by atoms with E-state index < -0.39 is 91.1 Å². The fourth-order valence-electron chi connectivity index (χ4n) is 4.33. The van der Waals surface area contributed by atoms with Crippen molar-refractivity contribution in [3.05, 3.63) is 95.6 Å². The van der Waals surface area contributed by atoms with Gasteiger partial charge in [-0.15, -0.1) is 26.3 Å². The molecule has 6 aromatic rings. The summed E-state index contributed by atoms with van der Waals surface area (Å²) in [5.41, 5.74) is -9.27. The van der Waals surface area contributed by atoms with Crippen LogP contribution in [0.25, 0.3) is 40.3 Å². The van der Waals surface area contributed by atoms with Crippen LogP contribution in [0.5, 0.6) is 0 Å². The molecule has 0 saturated carbocycles. The molecule has 0 aliphatic rings. The number of rotatable bonds is 0. The fraction of sp³-hybridized carbons (Fsp3) is 0.0769. The maximum atomic E-state index is 13.3. The molecule has 0 bridgehead atoms. The molecule has 4 aromatic carbocycles. The van der Waals surface area contributed by atoms with Gasteiger partial charge in [-0.3, -0.25) is 12.9 Å². The largest absolute Gasteiger partial charge is 1.00 e. The predicted octanol–water partition coefficient (Wildman–Crippen LogP) is 4.46. The summed E-state index contributed by atoms with van der Waals surface area (Å²) in [5.74, 6) is -6.86. The number of hydrogen-bond donors (Lipinski definition) is 0. The SMILES string of the molecule is FB(F)F.F[B-](F)(F)F.Fc1cc2c3cc(F)c(F)cc3[s+](C(F)(F)F)c2cc1F.Fc1ccc2c(c1)c1cc(F)ccc1[s+]2C(F)(F)F.[Cl-].[F-].[Na+]. The molecule has 0 saturated heterocycles. The molecule has 0 aliphatic heterocycles. The van der Waals surface area contributed by atoms with Crippen molar-refractivity contribution in [3.63, 3.8) is 0 Å². The second kappa shape index (κ2) is 18.6. The monoisotopic (exact) mass is 846 g/mol. The molecule has 0 N–H and O–H groups in total. The summed E-state index contributed by atoms with van der Waals surface area (Å²) in [6, 6.07) is 8.27. The standard InChI is InChI=1S/C13H4F7S.C13H6F5S.BF4.BF3.ClH.FH.Na/c14-7-1-5-6-2-8(15)10(17)4-12(6)21(13(18,19)20)11(5)3-9(7)16;14-7-1-3-11-9(5-7)10-6-8(15)2-4-12(10)19(11)13(16,17)18;2-1(3,4)5;2-1(3)4;;;/h1-4H;1-6H;;;2*1H;/q2*+1;-1;;;;+1/p-2. The van der Waals surface area contributed by atoms with Crippen LogP contribution < -0.4 is 46.7 Å². The maximum absolute atomic E-state index is 13.3. The minimum absolute atomic E-state index is 0. The Balaban J connectivity index is 0.000000778. The van der Waals surface area contributed by atoms with Crippen LogP contribution in [-0.2, 0) is 11.0 Å². The second-order valence-corrected chi connectivity index (χ2v) is 13.0. The Morgan fingerprint density at radius 3 is 0.962 bits per heavy atom. The Bertz CT molecular complexity index is 1990. The number of benzene rings is 4. The topological polar surface area (TPSA) is 0 Å². The zero-order valence-corrected chi connectivity index (χ0v) is 29.1. The van der Waals surface area contributed by atoms with Gasteiger partial charge in [0.2, 0.25) is 0 Å². The van der Waals surface area contributed by atoms with E-state index >= 15 is 0 Å². The molecule has 0 unspecified atom stereocenters. The van der Waals surface area contributed by atoms with Gasteiger partial charge in [0.1, 0.15) is 32.6 Å². The third-order valence-electron chi connectivity index (χ3n) is 5.85. The van der Waals surface area contributed by atoms with Crippen LogP contribution in [0.4, 0.5) is 82.9 Å². The van der Waals surface area contributed by atoms with Crippen LogP contribution in [0.2, 0.25) is 0 Å². The van der Waals surface area contributed by atoms with Crippen LogP contribution in [0.3, 0.4) is 0 Å². The van der Waals surface area contributed by atoms with Gasteiger partial charge in [-0.25, -0.2) is 26.3 Å². The van der Waals surface area contributed by atoms with Crippen molar-refractivity contribution in [1.82, 2.24) is 0 Å². The van der Waals surface area contributed by atoms with Crippen molar-refractivity contribution >= 4 is 76.1 Å². The van der Waals surface area contributed by atoms with Crippen LogP contribution in [0, 0.1) is 34.9 Å². The van der Waals surface area contributed by atoms with Gasteiger partial charge in [-0.2, -0.15) is 0 Å². The average Bonchev–Trinajstić information content (AvgIpc) is 3.40. The number of hydrogen-bond acceptors (Lipinski definition) is 0. The van der Waals surface area contributed by atoms with E-state index in [1.165, 1.54) is 0 Å². The minimum atomic E-state index is -6.00. The van der Waals surface area contributed by atoms with Crippen molar-refractivity contribution < 1.29 is 130 Å². The van der Waals surface area contributed by atoms with Crippen molar-refractivity contribution in [2.75, 3.05) is 0 Å². The van der Waals surface area contributed by atoms with Gasteiger partial charge >= 0.3 is 55.4 Å². The molecule has 0 fully saturated rings. The quantitative estimate of drug-likeness (QED) is 0.121. The Labute approximate surface area is 310 Å². The Morgan fingerprint density at radius 2 is 0.692 bits per heavy atom. The molecule has 2 heterocycles. The molecule has 26 heteroatoms. The fourth-order valence-corrected chi connectivity index (χ4v) is 8.21. The first-order chi connectivity index (χ1) is 22.3. The Kier molecular flexibility index (Phi) is 17.6. The van der Waals surface area contributed by atoms with Gasteiger partial charge in [0.25, 0.3) is 0 Å². The van der Waals surface area contributed by atoms with E-state index in [1.807, 2.05) is 0 Å². The first-order valence-electron chi connectivity index (χ1n) is 12.3. The zero-order chi connectivity index (χ0) is 37.4. The van der Waals surface area contributed by atoms with E-state index in [9.17, 15) is 82.9 Å². The van der Waals surface area contributed by atoms with Gasteiger partial charge in [0.15, 0.2) is 42.1 Å². The number of halogens is 21. The summed E-state index contributed by atoms with van der Waals surface area (Å²) in [4.78, 5) is 0. The molecule has 280 valence electrons. The molecule has 0 aliphatic carbocycles. The summed E-state index contributed by atoms with van der Waals surface area (Å²) >= 11 is 0. The molecular weight excluding hydrogens is 836 g/mol. The van der Waals surface area contributed by atoms with E-state index in [0.29, 0.717) is 24.3 Å². The molecule has 2 aromatic heterocycles. The number of thiophene rings is 2. The molecule has 0 amide bonds. The van der Waals surface area contributed by atoms with Crippen molar-refractivity contribution in [1.29, 1.82) is 0 Å². The van der Waals surface area contributed by atoms with Gasteiger partial charge in [0, 0.05) is 24.3 Å². The molecule has 6 rings (SSSR count). The first kappa shape index (κ1) is 49.3. The smallest absolute Gasteiger partial charge is 1.00 e. The predicted molar refractivity (Wildman–Crippen MR) is 149 cm³/mol. The normalized spacial score (nSPS) is 11.3. The van der Waals surface area contributed by atoms with E-state index in [0.717, 1.165) is 36.4 Å². The zero-order valence-electron chi connectivity index (χ0n) is 24.7. The summed E-state index contributed by atoms with van der Waals surface area (Å²) in [6.45, 7) is 0. The molecular formula is C26H10B2ClF20NaS2. The van der Waals surface area contributed by atoms with Crippen LogP contribution in [0.1, 0.15) is 0 Å². The third kappa shape index (κ3) is 12.2. The minimum Gasteiger partial charge on any atom is -1.00 e. The number of fused-ring (bicyclic) bond motifs is 6. The summed E-state index contributed by atoms with van der Waals surface area (Å²) in [7, 11) is -14.5. The van der Waals surface area contributed by atoms with Crippen LogP contribution in [-0.4, -0.2) is 14.8 Å². The van der Waals surface area contributed by atoms with Crippen molar-refractivity contribution in [3.8, 4) is 0 Å². The van der Waals surface area contributed by atoms with Gasteiger partial charge in [0.05, 0.1) is 21.5 Å². The van der Waals surface area contributed by atoms with Crippen molar-refractivity contribution in [2.45, 2.75) is 11.0 Å². The van der Waals surface area contributed by atoms with E-state index in [-0.39, 0.29) is 77.6 Å². The molecule has 0 radical (unpaired) electrons. The van der Waals surface area contributed by atoms with Crippen molar-refractivity contribution in [2.24, 2.45) is 0 Å². The van der Waals surface area contributed by atoms with E-state index in [1.54, 1.807) is 0 Å². The second-order valence-electron chi connectivity index (χ2n) is 9.05.